The summed E-state index contributed by atoms with van der Waals surface area (Å²) in [4.78, 5) is 14.1. The molecular formula is C22H41IN6S. The van der Waals surface area contributed by atoms with Crippen LogP contribution in [0.15, 0.2) is 22.5 Å². The molecule has 2 aliphatic rings. The summed E-state index contributed by atoms with van der Waals surface area (Å²) in [6.07, 6.45) is 2.64. The maximum absolute atomic E-state index is 4.93. The normalized spacial score (nSPS) is 21.2. The molecule has 2 unspecified atom stereocenters. The average Bonchev–Trinajstić information content (AvgIpc) is 3.47. The molecule has 2 saturated heterocycles. The van der Waals surface area contributed by atoms with Crippen LogP contribution in [0.4, 0.5) is 0 Å². The molecule has 0 spiro atoms. The molecule has 2 aliphatic heterocycles. The van der Waals surface area contributed by atoms with Gasteiger partial charge in [0.2, 0.25) is 0 Å². The maximum atomic E-state index is 4.93. The molecule has 3 heterocycles. The van der Waals surface area contributed by atoms with Crippen molar-refractivity contribution in [3.63, 3.8) is 0 Å². The van der Waals surface area contributed by atoms with Gasteiger partial charge in [0.15, 0.2) is 5.96 Å². The van der Waals surface area contributed by atoms with E-state index in [1.807, 2.05) is 11.3 Å². The van der Waals surface area contributed by atoms with Gasteiger partial charge in [-0.05, 0) is 57.8 Å². The molecule has 0 amide bonds. The van der Waals surface area contributed by atoms with E-state index in [0.717, 1.165) is 45.2 Å². The van der Waals surface area contributed by atoms with Crippen molar-refractivity contribution in [3.05, 3.63) is 22.4 Å². The molecular weight excluding hydrogens is 507 g/mol. The third kappa shape index (κ3) is 7.62. The number of hydrogen-bond donors (Lipinski definition) is 2. The third-order valence-electron chi connectivity index (χ3n) is 6.25. The Hall–Kier alpha value is -0.420. The van der Waals surface area contributed by atoms with E-state index in [-0.39, 0.29) is 24.0 Å². The van der Waals surface area contributed by atoms with Crippen molar-refractivity contribution in [1.82, 2.24) is 25.3 Å². The first-order chi connectivity index (χ1) is 14.2. The van der Waals surface area contributed by atoms with Gasteiger partial charge < -0.3 is 15.5 Å². The number of aliphatic imine (C=N–C) groups is 1. The van der Waals surface area contributed by atoms with Gasteiger partial charge in [0.1, 0.15) is 0 Å². The molecule has 2 atom stereocenters. The van der Waals surface area contributed by atoms with Crippen LogP contribution in [0.1, 0.15) is 44.5 Å². The third-order valence-corrected chi connectivity index (χ3v) is 7.22. The number of thiophene rings is 1. The van der Waals surface area contributed by atoms with Crippen LogP contribution in [0.5, 0.6) is 0 Å². The van der Waals surface area contributed by atoms with Gasteiger partial charge in [-0.25, -0.2) is 0 Å². The maximum Gasteiger partial charge on any atom is 0.191 e. The molecule has 1 aromatic rings. The first-order valence-corrected chi connectivity index (χ1v) is 12.3. The number of hydrogen-bond acceptors (Lipinski definition) is 5. The van der Waals surface area contributed by atoms with E-state index in [2.05, 4.69) is 63.6 Å². The van der Waals surface area contributed by atoms with Gasteiger partial charge in [0.05, 0.1) is 12.6 Å². The number of halogens is 1. The molecule has 0 aromatic carbocycles. The minimum atomic E-state index is 0. The number of nitrogens with one attached hydrogen (secondary N) is 2. The Morgan fingerprint density at radius 1 is 1.07 bits per heavy atom. The van der Waals surface area contributed by atoms with E-state index in [1.54, 1.807) is 0 Å². The predicted molar refractivity (Wildman–Crippen MR) is 140 cm³/mol. The number of rotatable bonds is 9. The van der Waals surface area contributed by atoms with Gasteiger partial charge in [-0.15, -0.1) is 35.3 Å². The standard InChI is InChI=1S/C22H40N6S.HI/c1-4-23-22(24-17-19(3)27-14-12-26(5-2)13-15-27)25-18-20(21-9-8-16-29-21)28-10-6-7-11-28;/h8-9,16,19-20H,4-7,10-15,17-18H2,1-3H3,(H2,23,24,25);1H. The van der Waals surface area contributed by atoms with E-state index in [1.165, 1.54) is 43.9 Å². The van der Waals surface area contributed by atoms with Crippen molar-refractivity contribution in [3.8, 4) is 0 Å². The largest absolute Gasteiger partial charge is 0.357 e. The molecule has 30 heavy (non-hydrogen) atoms. The molecule has 0 bridgehead atoms. The zero-order valence-corrected chi connectivity index (χ0v) is 22.1. The Bertz CT molecular complexity index is 597. The van der Waals surface area contributed by atoms with E-state index in [0.29, 0.717) is 12.1 Å². The van der Waals surface area contributed by atoms with E-state index >= 15 is 0 Å². The first-order valence-electron chi connectivity index (χ1n) is 11.5. The zero-order valence-electron chi connectivity index (χ0n) is 19.0. The summed E-state index contributed by atoms with van der Waals surface area (Å²) >= 11 is 1.87. The highest BCUT2D eigenvalue weighted by Gasteiger charge is 2.24. The predicted octanol–water partition coefficient (Wildman–Crippen LogP) is 3.08. The first kappa shape index (κ1) is 25.8. The topological polar surface area (TPSA) is 46.1 Å². The van der Waals surface area contributed by atoms with Crippen molar-refractivity contribution in [2.24, 2.45) is 4.99 Å². The van der Waals surface area contributed by atoms with Crippen LogP contribution in [0.2, 0.25) is 0 Å². The smallest absolute Gasteiger partial charge is 0.191 e. The lowest BCUT2D eigenvalue weighted by molar-refractivity contribution is 0.109. The highest BCUT2D eigenvalue weighted by atomic mass is 127. The van der Waals surface area contributed by atoms with Gasteiger partial charge >= 0.3 is 0 Å². The Morgan fingerprint density at radius 3 is 2.40 bits per heavy atom. The quantitative estimate of drug-likeness (QED) is 0.282. The summed E-state index contributed by atoms with van der Waals surface area (Å²) in [5, 5.41) is 9.28. The fourth-order valence-corrected chi connectivity index (χ4v) is 5.20. The van der Waals surface area contributed by atoms with Gasteiger partial charge in [-0.2, -0.15) is 0 Å². The van der Waals surface area contributed by atoms with E-state index < -0.39 is 0 Å². The number of likely N-dealkylation sites (N-methyl/N-ethyl adjacent to an activating group) is 1. The van der Waals surface area contributed by atoms with Crippen LogP contribution in [0.25, 0.3) is 0 Å². The molecule has 172 valence electrons. The zero-order chi connectivity index (χ0) is 20.5. The minimum Gasteiger partial charge on any atom is -0.357 e. The van der Waals surface area contributed by atoms with Crippen LogP contribution >= 0.6 is 35.3 Å². The molecule has 3 rings (SSSR count). The van der Waals surface area contributed by atoms with Gasteiger partial charge in [0, 0.05) is 50.2 Å². The minimum absolute atomic E-state index is 0. The number of piperazine rings is 1. The molecule has 1 aromatic heterocycles. The molecule has 0 aliphatic carbocycles. The number of likely N-dealkylation sites (tertiary alicyclic amines) is 1. The van der Waals surface area contributed by atoms with E-state index in [9.17, 15) is 0 Å². The van der Waals surface area contributed by atoms with Gasteiger partial charge in [-0.1, -0.05) is 13.0 Å². The Balaban J connectivity index is 0.00000320. The summed E-state index contributed by atoms with van der Waals surface area (Å²) < 4.78 is 0. The molecule has 2 N–H and O–H groups in total. The van der Waals surface area contributed by atoms with Crippen molar-refractivity contribution >= 4 is 41.3 Å². The van der Waals surface area contributed by atoms with Crippen LogP contribution in [0, 0.1) is 0 Å². The average molecular weight is 549 g/mol. The summed E-state index contributed by atoms with van der Waals surface area (Å²) in [5.41, 5.74) is 0. The van der Waals surface area contributed by atoms with Crippen LogP contribution in [0.3, 0.4) is 0 Å². The second-order valence-corrected chi connectivity index (χ2v) is 9.17. The Labute approximate surface area is 204 Å². The summed E-state index contributed by atoms with van der Waals surface area (Å²) in [6, 6.07) is 5.37. The lowest BCUT2D eigenvalue weighted by Crippen LogP contribution is -2.50. The summed E-state index contributed by atoms with van der Waals surface area (Å²) in [7, 11) is 0. The van der Waals surface area contributed by atoms with Crippen LogP contribution < -0.4 is 10.6 Å². The summed E-state index contributed by atoms with van der Waals surface area (Å²) in [6.45, 7) is 17.6. The fourth-order valence-electron chi connectivity index (χ4n) is 4.34. The summed E-state index contributed by atoms with van der Waals surface area (Å²) in [5.74, 6) is 0.951. The lowest BCUT2D eigenvalue weighted by atomic mass is 10.2. The highest BCUT2D eigenvalue weighted by Crippen LogP contribution is 2.27. The Kier molecular flexibility index (Phi) is 12.0. The number of guanidine groups is 1. The van der Waals surface area contributed by atoms with Gasteiger partial charge in [0.25, 0.3) is 0 Å². The second-order valence-electron chi connectivity index (χ2n) is 8.19. The SMILES string of the molecule is CCNC(=NCC(C)N1CCN(CC)CC1)NCC(c1cccs1)N1CCCC1.I. The molecule has 8 heteroatoms. The van der Waals surface area contributed by atoms with E-state index in [4.69, 9.17) is 4.99 Å². The van der Waals surface area contributed by atoms with Crippen molar-refractivity contribution in [2.45, 2.75) is 45.7 Å². The monoisotopic (exact) mass is 548 g/mol. The molecule has 0 saturated carbocycles. The van der Waals surface area contributed by atoms with Crippen molar-refractivity contribution in [1.29, 1.82) is 0 Å². The molecule has 6 nitrogen and oxygen atoms in total. The van der Waals surface area contributed by atoms with Crippen LogP contribution in [-0.4, -0.2) is 92.1 Å². The highest BCUT2D eigenvalue weighted by molar-refractivity contribution is 14.0. The van der Waals surface area contributed by atoms with Crippen molar-refractivity contribution < 1.29 is 0 Å². The van der Waals surface area contributed by atoms with Crippen molar-refractivity contribution in [2.75, 3.05) is 65.4 Å². The van der Waals surface area contributed by atoms with Crippen LogP contribution in [-0.2, 0) is 0 Å². The second kappa shape index (κ2) is 13.9. The molecule has 2 fully saturated rings. The van der Waals surface area contributed by atoms with Gasteiger partial charge in [-0.3, -0.25) is 14.8 Å². The Morgan fingerprint density at radius 2 is 1.80 bits per heavy atom. The fraction of sp³-hybridized carbons (Fsp3) is 0.773. The lowest BCUT2D eigenvalue weighted by Gasteiger charge is -2.37. The molecule has 0 radical (unpaired) electrons. The number of nitrogens with zero attached hydrogens (tertiary/aromatic N) is 4.